The molecule has 0 aliphatic heterocycles. The first-order chi connectivity index (χ1) is 13.9. The first kappa shape index (κ1) is 23.5. The number of rotatable bonds is 9. The monoisotopic (exact) mass is 454 g/mol. The van der Waals surface area contributed by atoms with Gasteiger partial charge in [0.25, 0.3) is 0 Å². The summed E-state index contributed by atoms with van der Waals surface area (Å²) >= 11 is 18.7. The lowest BCUT2D eigenvalue weighted by molar-refractivity contribution is -0.140. The molecule has 0 fully saturated rings. The van der Waals surface area contributed by atoms with Gasteiger partial charge in [0, 0.05) is 33.7 Å². The molecule has 29 heavy (non-hydrogen) atoms. The molecule has 2 aromatic rings. The number of benzene rings is 2. The fraction of sp³-hybridized carbons (Fsp3) is 0.364. The Morgan fingerprint density at radius 2 is 1.69 bits per heavy atom. The Hall–Kier alpha value is -1.75. The SMILES string of the molecule is CCCNC(=O)[C@H](CC)N(Cc1c(Cl)cccc1Cl)C(=O)Cc1cccc(Cl)c1. The zero-order chi connectivity index (χ0) is 21.4. The van der Waals surface area contributed by atoms with E-state index in [2.05, 4.69) is 5.32 Å². The third-order valence-corrected chi connectivity index (χ3v) is 5.51. The van der Waals surface area contributed by atoms with Crippen molar-refractivity contribution in [2.45, 2.75) is 45.7 Å². The van der Waals surface area contributed by atoms with E-state index in [1.807, 2.05) is 19.9 Å². The van der Waals surface area contributed by atoms with E-state index in [0.717, 1.165) is 12.0 Å². The summed E-state index contributed by atoms with van der Waals surface area (Å²) in [6.07, 6.45) is 1.41. The minimum absolute atomic E-state index is 0.125. The minimum Gasteiger partial charge on any atom is -0.354 e. The van der Waals surface area contributed by atoms with Gasteiger partial charge in [-0.05, 0) is 42.7 Å². The minimum atomic E-state index is -0.624. The van der Waals surface area contributed by atoms with E-state index in [1.54, 1.807) is 41.3 Å². The molecule has 7 heteroatoms. The van der Waals surface area contributed by atoms with Crippen LogP contribution in [0, 0.1) is 0 Å². The lowest BCUT2D eigenvalue weighted by Gasteiger charge is -2.31. The van der Waals surface area contributed by atoms with Gasteiger partial charge in [-0.2, -0.15) is 0 Å². The highest BCUT2D eigenvalue weighted by Crippen LogP contribution is 2.27. The van der Waals surface area contributed by atoms with Crippen molar-refractivity contribution in [2.75, 3.05) is 6.54 Å². The van der Waals surface area contributed by atoms with Crippen molar-refractivity contribution in [3.05, 3.63) is 68.7 Å². The molecule has 2 amide bonds. The van der Waals surface area contributed by atoms with Crippen LogP contribution in [0.5, 0.6) is 0 Å². The van der Waals surface area contributed by atoms with Gasteiger partial charge in [-0.1, -0.05) is 66.8 Å². The number of hydrogen-bond donors (Lipinski definition) is 1. The first-order valence-corrected chi connectivity index (χ1v) is 10.7. The summed E-state index contributed by atoms with van der Waals surface area (Å²) in [7, 11) is 0. The van der Waals surface area contributed by atoms with Crippen LogP contribution in [0.3, 0.4) is 0 Å². The van der Waals surface area contributed by atoms with Gasteiger partial charge in [-0.25, -0.2) is 0 Å². The van der Waals surface area contributed by atoms with Crippen molar-refractivity contribution < 1.29 is 9.59 Å². The van der Waals surface area contributed by atoms with E-state index in [1.165, 1.54) is 0 Å². The van der Waals surface area contributed by atoms with Gasteiger partial charge in [0.15, 0.2) is 0 Å². The molecule has 0 aliphatic carbocycles. The second-order valence-corrected chi connectivity index (χ2v) is 7.99. The molecule has 0 radical (unpaired) electrons. The fourth-order valence-corrected chi connectivity index (χ4v) is 3.79. The maximum Gasteiger partial charge on any atom is 0.242 e. The number of carbonyl (C=O) groups is 2. The number of nitrogens with zero attached hydrogens (tertiary/aromatic N) is 1. The number of nitrogens with one attached hydrogen (secondary N) is 1. The maximum absolute atomic E-state index is 13.2. The predicted molar refractivity (Wildman–Crippen MR) is 120 cm³/mol. The number of hydrogen-bond acceptors (Lipinski definition) is 2. The van der Waals surface area contributed by atoms with Crippen molar-refractivity contribution in [3.8, 4) is 0 Å². The van der Waals surface area contributed by atoms with E-state index >= 15 is 0 Å². The smallest absolute Gasteiger partial charge is 0.242 e. The molecule has 0 unspecified atom stereocenters. The molecular formula is C22H25Cl3N2O2. The maximum atomic E-state index is 13.2. The molecule has 0 aromatic heterocycles. The third kappa shape index (κ3) is 6.63. The Morgan fingerprint density at radius 3 is 2.28 bits per heavy atom. The second-order valence-electron chi connectivity index (χ2n) is 6.74. The Bertz CT molecular complexity index is 837. The Balaban J connectivity index is 2.35. The van der Waals surface area contributed by atoms with Gasteiger partial charge in [-0.3, -0.25) is 9.59 Å². The molecule has 0 saturated carbocycles. The molecule has 2 aromatic carbocycles. The Morgan fingerprint density at radius 1 is 1.03 bits per heavy atom. The van der Waals surface area contributed by atoms with E-state index in [-0.39, 0.29) is 24.8 Å². The van der Waals surface area contributed by atoms with Crippen LogP contribution in [0.1, 0.15) is 37.8 Å². The standard InChI is InChI=1S/C22H25Cl3N2O2/c1-3-11-26-22(29)20(4-2)27(14-17-18(24)9-6-10-19(17)25)21(28)13-15-7-5-8-16(23)12-15/h5-10,12,20H,3-4,11,13-14H2,1-2H3,(H,26,29)/t20-/m0/s1. The third-order valence-electron chi connectivity index (χ3n) is 4.57. The van der Waals surface area contributed by atoms with Crippen molar-refractivity contribution >= 4 is 46.6 Å². The normalized spacial score (nSPS) is 11.8. The van der Waals surface area contributed by atoms with Gasteiger partial charge in [0.1, 0.15) is 6.04 Å². The molecule has 1 N–H and O–H groups in total. The molecule has 0 bridgehead atoms. The summed E-state index contributed by atoms with van der Waals surface area (Å²) in [6, 6.07) is 11.7. The Labute approximate surface area is 187 Å². The van der Waals surface area contributed by atoms with Crippen LogP contribution in [-0.2, 0) is 22.6 Å². The quantitative estimate of drug-likeness (QED) is 0.541. The van der Waals surface area contributed by atoms with Gasteiger partial charge in [0.05, 0.1) is 6.42 Å². The van der Waals surface area contributed by atoms with E-state index in [4.69, 9.17) is 34.8 Å². The van der Waals surface area contributed by atoms with Crippen LogP contribution < -0.4 is 5.32 Å². The van der Waals surface area contributed by atoms with Crippen LogP contribution in [0.4, 0.5) is 0 Å². The van der Waals surface area contributed by atoms with Crippen LogP contribution in [-0.4, -0.2) is 29.3 Å². The Kier molecular flexibility index (Phi) is 9.28. The molecule has 0 spiro atoms. The lowest BCUT2D eigenvalue weighted by atomic mass is 10.1. The lowest BCUT2D eigenvalue weighted by Crippen LogP contribution is -2.49. The van der Waals surface area contributed by atoms with E-state index in [0.29, 0.717) is 33.6 Å². The molecule has 0 aliphatic rings. The average Bonchev–Trinajstić information content (AvgIpc) is 2.68. The zero-order valence-corrected chi connectivity index (χ0v) is 18.8. The van der Waals surface area contributed by atoms with Crippen molar-refractivity contribution in [3.63, 3.8) is 0 Å². The van der Waals surface area contributed by atoms with Crippen LogP contribution in [0.2, 0.25) is 15.1 Å². The topological polar surface area (TPSA) is 49.4 Å². The molecule has 1 atom stereocenters. The highest BCUT2D eigenvalue weighted by molar-refractivity contribution is 6.36. The van der Waals surface area contributed by atoms with E-state index in [9.17, 15) is 9.59 Å². The average molecular weight is 456 g/mol. The molecular weight excluding hydrogens is 431 g/mol. The van der Waals surface area contributed by atoms with Crippen LogP contribution >= 0.6 is 34.8 Å². The largest absolute Gasteiger partial charge is 0.354 e. The summed E-state index contributed by atoms with van der Waals surface area (Å²) in [6.45, 7) is 4.56. The summed E-state index contributed by atoms with van der Waals surface area (Å²) in [4.78, 5) is 27.6. The summed E-state index contributed by atoms with van der Waals surface area (Å²) in [5, 5.41) is 4.37. The predicted octanol–water partition coefficient (Wildman–Crippen LogP) is 5.52. The van der Waals surface area contributed by atoms with Crippen molar-refractivity contribution in [1.29, 1.82) is 0 Å². The fourth-order valence-electron chi connectivity index (χ4n) is 3.06. The summed E-state index contributed by atoms with van der Waals surface area (Å²) < 4.78 is 0. The summed E-state index contributed by atoms with van der Waals surface area (Å²) in [5.41, 5.74) is 1.40. The van der Waals surface area contributed by atoms with Gasteiger partial charge in [-0.15, -0.1) is 0 Å². The van der Waals surface area contributed by atoms with Crippen LogP contribution in [0.25, 0.3) is 0 Å². The number of carbonyl (C=O) groups excluding carboxylic acids is 2. The van der Waals surface area contributed by atoms with Crippen molar-refractivity contribution in [2.24, 2.45) is 0 Å². The van der Waals surface area contributed by atoms with Gasteiger partial charge in [0.2, 0.25) is 11.8 Å². The zero-order valence-electron chi connectivity index (χ0n) is 16.6. The van der Waals surface area contributed by atoms with Crippen molar-refractivity contribution in [1.82, 2.24) is 10.2 Å². The van der Waals surface area contributed by atoms with E-state index < -0.39 is 6.04 Å². The number of amides is 2. The highest BCUT2D eigenvalue weighted by atomic mass is 35.5. The second kappa shape index (κ2) is 11.4. The molecule has 4 nitrogen and oxygen atoms in total. The molecule has 0 saturated heterocycles. The summed E-state index contributed by atoms with van der Waals surface area (Å²) in [5.74, 6) is -0.376. The molecule has 2 rings (SSSR count). The highest BCUT2D eigenvalue weighted by Gasteiger charge is 2.29. The van der Waals surface area contributed by atoms with Gasteiger partial charge < -0.3 is 10.2 Å². The van der Waals surface area contributed by atoms with Gasteiger partial charge >= 0.3 is 0 Å². The van der Waals surface area contributed by atoms with Crippen LogP contribution in [0.15, 0.2) is 42.5 Å². The molecule has 0 heterocycles. The first-order valence-electron chi connectivity index (χ1n) is 9.61. The molecule has 156 valence electrons. The number of halogens is 3.